The van der Waals surface area contributed by atoms with Crippen molar-refractivity contribution in [3.05, 3.63) is 65.6 Å². The maximum absolute atomic E-state index is 13.2. The Labute approximate surface area is 132 Å². The van der Waals surface area contributed by atoms with E-state index >= 15 is 0 Å². The molecule has 3 aromatic rings. The van der Waals surface area contributed by atoms with E-state index in [0.717, 1.165) is 27.9 Å². The maximum atomic E-state index is 13.2. The van der Waals surface area contributed by atoms with Crippen LogP contribution in [0, 0.1) is 5.82 Å². The molecule has 23 heavy (non-hydrogen) atoms. The fraction of sp³-hybridized carbons (Fsp3) is 0.111. The summed E-state index contributed by atoms with van der Waals surface area (Å²) in [4.78, 5) is 12.0. The Hall–Kier alpha value is -2.95. The number of carbonyl (C=O) groups is 1. The molecule has 0 saturated heterocycles. The molecule has 4 nitrogen and oxygen atoms in total. The molecule has 5 heteroatoms. The van der Waals surface area contributed by atoms with Crippen molar-refractivity contribution in [2.75, 3.05) is 0 Å². The van der Waals surface area contributed by atoms with Gasteiger partial charge in [0, 0.05) is 30.9 Å². The van der Waals surface area contributed by atoms with Gasteiger partial charge in [0.15, 0.2) is 0 Å². The molecule has 0 radical (unpaired) electrons. The summed E-state index contributed by atoms with van der Waals surface area (Å²) in [6.45, 7) is 0.525. The number of hydrogen-bond donors (Lipinski definition) is 1. The summed E-state index contributed by atoms with van der Waals surface area (Å²) in [5.41, 5.74) is 5.13. The Morgan fingerprint density at radius 3 is 2.57 bits per heavy atom. The van der Waals surface area contributed by atoms with E-state index in [-0.39, 0.29) is 11.7 Å². The van der Waals surface area contributed by atoms with Crippen LogP contribution >= 0.6 is 0 Å². The van der Waals surface area contributed by atoms with Gasteiger partial charge >= 0.3 is 0 Å². The van der Waals surface area contributed by atoms with Gasteiger partial charge in [-0.3, -0.25) is 9.48 Å². The Balaban J connectivity index is 1.96. The number of rotatable bonds is 2. The largest absolute Gasteiger partial charge is 0.348 e. The van der Waals surface area contributed by atoms with Crippen LogP contribution in [0.3, 0.4) is 0 Å². The van der Waals surface area contributed by atoms with E-state index < -0.39 is 0 Å². The first-order valence-electron chi connectivity index (χ1n) is 7.33. The van der Waals surface area contributed by atoms with Gasteiger partial charge in [0.2, 0.25) is 0 Å². The van der Waals surface area contributed by atoms with E-state index in [0.29, 0.717) is 12.1 Å². The average Bonchev–Trinajstić information content (AvgIpc) is 3.13. The molecule has 0 aliphatic carbocycles. The molecule has 1 N–H and O–H groups in total. The van der Waals surface area contributed by atoms with Crippen molar-refractivity contribution in [1.29, 1.82) is 0 Å². The molecular formula is C18H14FN3O. The monoisotopic (exact) mass is 307 g/mol. The van der Waals surface area contributed by atoms with Crippen molar-refractivity contribution in [2.24, 2.45) is 7.05 Å². The van der Waals surface area contributed by atoms with E-state index in [1.165, 1.54) is 12.1 Å². The van der Waals surface area contributed by atoms with Gasteiger partial charge in [-0.1, -0.05) is 12.1 Å². The highest BCUT2D eigenvalue weighted by Crippen LogP contribution is 2.35. The van der Waals surface area contributed by atoms with Crippen LogP contribution in [-0.4, -0.2) is 15.7 Å². The lowest BCUT2D eigenvalue weighted by Gasteiger charge is -2.11. The second-order valence-electron chi connectivity index (χ2n) is 5.62. The molecule has 0 fully saturated rings. The van der Waals surface area contributed by atoms with Crippen molar-refractivity contribution in [3.8, 4) is 22.4 Å². The number of nitrogens with zero attached hydrogens (tertiary/aromatic N) is 2. The topological polar surface area (TPSA) is 46.9 Å². The standard InChI is InChI=1S/C18H14FN3O/c1-22-7-6-17(21-22)16-8-12-10-20-18(23)15(12)9-14(16)11-2-4-13(19)5-3-11/h2-9H,10H2,1H3,(H,20,23). The van der Waals surface area contributed by atoms with E-state index in [9.17, 15) is 9.18 Å². The lowest BCUT2D eigenvalue weighted by atomic mass is 9.93. The number of fused-ring (bicyclic) bond motifs is 1. The third kappa shape index (κ3) is 2.30. The van der Waals surface area contributed by atoms with Crippen molar-refractivity contribution >= 4 is 5.91 Å². The SMILES string of the molecule is Cn1ccc(-c2cc3c(cc2-c2ccc(F)cc2)C(=O)NC3)n1. The number of aromatic nitrogens is 2. The number of nitrogens with one attached hydrogen (secondary N) is 1. The predicted molar refractivity (Wildman–Crippen MR) is 85.2 cm³/mol. The van der Waals surface area contributed by atoms with Gasteiger partial charge in [-0.15, -0.1) is 0 Å². The Morgan fingerprint density at radius 1 is 1.09 bits per heavy atom. The minimum atomic E-state index is -0.285. The number of hydrogen-bond acceptors (Lipinski definition) is 2. The zero-order valence-corrected chi connectivity index (χ0v) is 12.5. The summed E-state index contributed by atoms with van der Waals surface area (Å²) < 4.78 is 15.0. The Morgan fingerprint density at radius 2 is 1.87 bits per heavy atom. The summed E-state index contributed by atoms with van der Waals surface area (Å²) in [5.74, 6) is -0.358. The van der Waals surface area contributed by atoms with Crippen molar-refractivity contribution in [3.63, 3.8) is 0 Å². The van der Waals surface area contributed by atoms with Gasteiger partial charge < -0.3 is 5.32 Å². The minimum absolute atomic E-state index is 0.0732. The van der Waals surface area contributed by atoms with Crippen LogP contribution in [0.1, 0.15) is 15.9 Å². The highest BCUT2D eigenvalue weighted by molar-refractivity contribution is 6.01. The summed E-state index contributed by atoms with van der Waals surface area (Å²) in [5, 5.41) is 7.30. The highest BCUT2D eigenvalue weighted by atomic mass is 19.1. The van der Waals surface area contributed by atoms with Crippen molar-refractivity contribution in [1.82, 2.24) is 15.1 Å². The van der Waals surface area contributed by atoms with Crippen molar-refractivity contribution in [2.45, 2.75) is 6.54 Å². The van der Waals surface area contributed by atoms with Gasteiger partial charge in [-0.2, -0.15) is 5.10 Å². The smallest absolute Gasteiger partial charge is 0.251 e. The van der Waals surface area contributed by atoms with E-state index in [1.807, 2.05) is 31.4 Å². The van der Waals surface area contributed by atoms with Crippen LogP contribution in [-0.2, 0) is 13.6 Å². The zero-order chi connectivity index (χ0) is 16.0. The van der Waals surface area contributed by atoms with Crippen molar-refractivity contribution < 1.29 is 9.18 Å². The van der Waals surface area contributed by atoms with Gasteiger partial charge in [0.1, 0.15) is 5.82 Å². The summed E-state index contributed by atoms with van der Waals surface area (Å²) in [7, 11) is 1.86. The summed E-state index contributed by atoms with van der Waals surface area (Å²) in [6, 6.07) is 12.1. The van der Waals surface area contributed by atoms with Gasteiger partial charge in [-0.05, 0) is 47.0 Å². The van der Waals surface area contributed by atoms with Crippen LogP contribution < -0.4 is 5.32 Å². The zero-order valence-electron chi connectivity index (χ0n) is 12.5. The fourth-order valence-corrected chi connectivity index (χ4v) is 2.91. The molecule has 0 atom stereocenters. The number of halogens is 1. The lowest BCUT2D eigenvalue weighted by molar-refractivity contribution is 0.0966. The number of amides is 1. The van der Waals surface area contributed by atoms with E-state index in [4.69, 9.17) is 0 Å². The number of benzene rings is 2. The first-order chi connectivity index (χ1) is 11.1. The quantitative estimate of drug-likeness (QED) is 0.790. The molecule has 1 aromatic heterocycles. The first kappa shape index (κ1) is 13.7. The first-order valence-corrected chi connectivity index (χ1v) is 7.33. The second-order valence-corrected chi connectivity index (χ2v) is 5.62. The molecular weight excluding hydrogens is 293 g/mol. The third-order valence-electron chi connectivity index (χ3n) is 4.07. The number of aryl methyl sites for hydroxylation is 1. The van der Waals surface area contributed by atoms with Crippen LogP contribution in [0.5, 0.6) is 0 Å². The van der Waals surface area contributed by atoms with Gasteiger partial charge in [0.05, 0.1) is 5.69 Å². The van der Waals surface area contributed by atoms with Crippen LogP contribution in [0.25, 0.3) is 22.4 Å². The Kier molecular flexibility index (Phi) is 3.01. The molecule has 0 unspecified atom stereocenters. The van der Waals surface area contributed by atoms with Crippen LogP contribution in [0.2, 0.25) is 0 Å². The molecule has 0 spiro atoms. The van der Waals surface area contributed by atoms with Crippen LogP contribution in [0.15, 0.2) is 48.7 Å². The van der Waals surface area contributed by atoms with Gasteiger partial charge in [-0.25, -0.2) is 4.39 Å². The van der Waals surface area contributed by atoms with Gasteiger partial charge in [0.25, 0.3) is 5.91 Å². The second kappa shape index (κ2) is 5.05. The molecule has 4 rings (SSSR count). The molecule has 1 aliphatic rings. The highest BCUT2D eigenvalue weighted by Gasteiger charge is 2.22. The van der Waals surface area contributed by atoms with E-state index in [1.54, 1.807) is 16.8 Å². The maximum Gasteiger partial charge on any atom is 0.251 e. The molecule has 0 saturated carbocycles. The third-order valence-corrected chi connectivity index (χ3v) is 4.07. The molecule has 2 heterocycles. The fourth-order valence-electron chi connectivity index (χ4n) is 2.91. The molecule has 2 aromatic carbocycles. The Bertz CT molecular complexity index is 913. The summed E-state index contributed by atoms with van der Waals surface area (Å²) in [6.07, 6.45) is 1.88. The van der Waals surface area contributed by atoms with E-state index in [2.05, 4.69) is 10.4 Å². The number of carbonyl (C=O) groups excluding carboxylic acids is 1. The minimum Gasteiger partial charge on any atom is -0.348 e. The molecule has 1 aliphatic heterocycles. The normalized spacial score (nSPS) is 13.0. The molecule has 114 valence electrons. The molecule has 0 bridgehead atoms. The summed E-state index contributed by atoms with van der Waals surface area (Å²) >= 11 is 0. The lowest BCUT2D eigenvalue weighted by Crippen LogP contribution is -2.12. The average molecular weight is 307 g/mol. The van der Waals surface area contributed by atoms with Crippen LogP contribution in [0.4, 0.5) is 4.39 Å². The predicted octanol–water partition coefficient (Wildman–Crippen LogP) is 3.14. The molecule has 1 amide bonds.